The number of nitrogens with one attached hydrogen (secondary N) is 1. The highest BCUT2D eigenvalue weighted by molar-refractivity contribution is 6.04. The van der Waals surface area contributed by atoms with Crippen molar-refractivity contribution in [1.82, 2.24) is 4.90 Å². The SMILES string of the molecule is COc1cccc(C(=O)Nc2ccc(N3CCN(C(=O)/C=C/c4ccccc4)CC3)cc2)c1. The Kier molecular flexibility index (Phi) is 7.05. The number of nitrogens with zero attached hydrogens (tertiary/aromatic N) is 2. The van der Waals surface area contributed by atoms with E-state index in [-0.39, 0.29) is 11.8 Å². The molecule has 0 saturated carbocycles. The van der Waals surface area contributed by atoms with Crippen molar-refractivity contribution in [3.8, 4) is 5.75 Å². The van der Waals surface area contributed by atoms with E-state index >= 15 is 0 Å². The van der Waals surface area contributed by atoms with Crippen LogP contribution < -0.4 is 15.0 Å². The van der Waals surface area contributed by atoms with Gasteiger partial charge in [-0.05, 0) is 54.1 Å². The zero-order valence-electron chi connectivity index (χ0n) is 18.6. The second-order valence-corrected chi connectivity index (χ2v) is 7.79. The van der Waals surface area contributed by atoms with E-state index < -0.39 is 0 Å². The molecule has 0 aromatic heterocycles. The largest absolute Gasteiger partial charge is 0.497 e. The standard InChI is InChI=1S/C27H27N3O3/c1-33-25-9-5-8-22(20-25)27(32)28-23-11-13-24(14-12-23)29-16-18-30(19-17-29)26(31)15-10-21-6-3-2-4-7-21/h2-15,20H,16-19H2,1H3,(H,28,32)/b15-10+. The Morgan fingerprint density at radius 1 is 0.879 bits per heavy atom. The zero-order valence-corrected chi connectivity index (χ0v) is 18.6. The normalized spacial score (nSPS) is 13.7. The summed E-state index contributed by atoms with van der Waals surface area (Å²) < 4.78 is 5.18. The van der Waals surface area contributed by atoms with Gasteiger partial charge in [0, 0.05) is 49.2 Å². The van der Waals surface area contributed by atoms with Crippen molar-refractivity contribution in [2.75, 3.05) is 43.5 Å². The number of hydrogen-bond acceptors (Lipinski definition) is 4. The monoisotopic (exact) mass is 441 g/mol. The van der Waals surface area contributed by atoms with Crippen LogP contribution >= 0.6 is 0 Å². The first kappa shape index (κ1) is 22.1. The quantitative estimate of drug-likeness (QED) is 0.579. The van der Waals surface area contributed by atoms with Crippen molar-refractivity contribution in [2.24, 2.45) is 0 Å². The fraction of sp³-hybridized carbons (Fsp3) is 0.185. The molecule has 3 aromatic rings. The summed E-state index contributed by atoms with van der Waals surface area (Å²) in [6.45, 7) is 2.87. The molecule has 1 fully saturated rings. The number of methoxy groups -OCH3 is 1. The van der Waals surface area contributed by atoms with E-state index in [4.69, 9.17) is 4.74 Å². The number of piperazine rings is 1. The second-order valence-electron chi connectivity index (χ2n) is 7.79. The molecule has 0 atom stereocenters. The van der Waals surface area contributed by atoms with Gasteiger partial charge in [-0.3, -0.25) is 9.59 Å². The Morgan fingerprint density at radius 2 is 1.61 bits per heavy atom. The molecule has 1 N–H and O–H groups in total. The highest BCUT2D eigenvalue weighted by atomic mass is 16.5. The van der Waals surface area contributed by atoms with E-state index in [1.54, 1.807) is 37.5 Å². The lowest BCUT2D eigenvalue weighted by Gasteiger charge is -2.35. The number of rotatable bonds is 6. The van der Waals surface area contributed by atoms with Gasteiger partial charge < -0.3 is 19.9 Å². The third-order valence-electron chi connectivity index (χ3n) is 5.63. The van der Waals surface area contributed by atoms with Crippen LogP contribution in [0.3, 0.4) is 0 Å². The molecule has 1 saturated heterocycles. The molecule has 3 aromatic carbocycles. The van der Waals surface area contributed by atoms with Crippen molar-refractivity contribution in [3.63, 3.8) is 0 Å². The van der Waals surface area contributed by atoms with Crippen LogP contribution in [-0.2, 0) is 4.79 Å². The molecule has 0 bridgehead atoms. The number of carbonyl (C=O) groups is 2. The summed E-state index contributed by atoms with van der Waals surface area (Å²) >= 11 is 0. The Morgan fingerprint density at radius 3 is 2.30 bits per heavy atom. The molecule has 2 amide bonds. The lowest BCUT2D eigenvalue weighted by molar-refractivity contribution is -0.126. The van der Waals surface area contributed by atoms with Crippen molar-refractivity contribution in [1.29, 1.82) is 0 Å². The van der Waals surface area contributed by atoms with Gasteiger partial charge in [-0.1, -0.05) is 36.4 Å². The van der Waals surface area contributed by atoms with Gasteiger partial charge >= 0.3 is 0 Å². The van der Waals surface area contributed by atoms with Crippen LogP contribution in [0.25, 0.3) is 6.08 Å². The Hall–Kier alpha value is -4.06. The zero-order chi connectivity index (χ0) is 23.0. The molecule has 0 radical (unpaired) electrons. The molecule has 6 heteroatoms. The minimum absolute atomic E-state index is 0.0362. The van der Waals surface area contributed by atoms with E-state index in [2.05, 4.69) is 10.2 Å². The molecule has 6 nitrogen and oxygen atoms in total. The van der Waals surface area contributed by atoms with Crippen LogP contribution in [0, 0.1) is 0 Å². The molecule has 33 heavy (non-hydrogen) atoms. The van der Waals surface area contributed by atoms with Gasteiger partial charge in [0.2, 0.25) is 5.91 Å². The maximum atomic E-state index is 12.5. The summed E-state index contributed by atoms with van der Waals surface area (Å²) in [6, 6.07) is 24.7. The predicted molar refractivity (Wildman–Crippen MR) is 132 cm³/mol. The van der Waals surface area contributed by atoms with E-state index in [0.717, 1.165) is 30.0 Å². The number of anilines is 2. The van der Waals surface area contributed by atoms with Gasteiger partial charge in [0.1, 0.15) is 5.75 Å². The van der Waals surface area contributed by atoms with Crippen LogP contribution in [0.4, 0.5) is 11.4 Å². The first-order chi connectivity index (χ1) is 16.1. The van der Waals surface area contributed by atoms with Gasteiger partial charge in [-0.25, -0.2) is 0 Å². The highest BCUT2D eigenvalue weighted by Gasteiger charge is 2.20. The van der Waals surface area contributed by atoms with Crippen LogP contribution in [0.15, 0.2) is 84.9 Å². The predicted octanol–water partition coefficient (Wildman–Crippen LogP) is 4.31. The lowest BCUT2D eigenvalue weighted by atomic mass is 10.2. The molecule has 0 aliphatic carbocycles. The number of ether oxygens (including phenoxy) is 1. The first-order valence-electron chi connectivity index (χ1n) is 10.9. The van der Waals surface area contributed by atoms with E-state index in [1.807, 2.05) is 65.6 Å². The molecule has 0 unspecified atom stereocenters. The summed E-state index contributed by atoms with van der Waals surface area (Å²) in [5.41, 5.74) is 3.36. The summed E-state index contributed by atoms with van der Waals surface area (Å²) in [6.07, 6.45) is 3.50. The van der Waals surface area contributed by atoms with Gasteiger partial charge in [-0.15, -0.1) is 0 Å². The topological polar surface area (TPSA) is 61.9 Å². The van der Waals surface area contributed by atoms with Gasteiger partial charge in [-0.2, -0.15) is 0 Å². The van der Waals surface area contributed by atoms with E-state index in [9.17, 15) is 9.59 Å². The molecule has 1 aliphatic rings. The van der Waals surface area contributed by atoms with Crippen LogP contribution in [-0.4, -0.2) is 50.0 Å². The number of hydrogen-bond donors (Lipinski definition) is 1. The summed E-state index contributed by atoms with van der Waals surface area (Å²) in [7, 11) is 1.58. The third kappa shape index (κ3) is 5.80. The average molecular weight is 442 g/mol. The van der Waals surface area contributed by atoms with Gasteiger partial charge in [0.15, 0.2) is 0 Å². The maximum Gasteiger partial charge on any atom is 0.255 e. The Balaban J connectivity index is 1.29. The van der Waals surface area contributed by atoms with Gasteiger partial charge in [0.25, 0.3) is 5.91 Å². The van der Waals surface area contributed by atoms with E-state index in [1.165, 1.54) is 0 Å². The molecule has 1 heterocycles. The summed E-state index contributed by atoms with van der Waals surface area (Å²) in [5, 5.41) is 2.92. The minimum atomic E-state index is -0.183. The van der Waals surface area contributed by atoms with Crippen molar-refractivity contribution >= 4 is 29.3 Å². The highest BCUT2D eigenvalue weighted by Crippen LogP contribution is 2.21. The Labute approximate surface area is 194 Å². The molecule has 4 rings (SSSR count). The first-order valence-corrected chi connectivity index (χ1v) is 10.9. The average Bonchev–Trinajstić information content (AvgIpc) is 2.88. The van der Waals surface area contributed by atoms with Crippen molar-refractivity contribution < 1.29 is 14.3 Å². The molecule has 168 valence electrons. The maximum absolute atomic E-state index is 12.5. The van der Waals surface area contributed by atoms with E-state index in [0.29, 0.717) is 24.4 Å². The fourth-order valence-electron chi connectivity index (χ4n) is 3.75. The lowest BCUT2D eigenvalue weighted by Crippen LogP contribution is -2.48. The van der Waals surface area contributed by atoms with Gasteiger partial charge in [0.05, 0.1) is 7.11 Å². The van der Waals surface area contributed by atoms with Crippen LogP contribution in [0.5, 0.6) is 5.75 Å². The Bertz CT molecular complexity index is 1120. The van der Waals surface area contributed by atoms with Crippen molar-refractivity contribution in [3.05, 3.63) is 96.1 Å². The fourth-order valence-corrected chi connectivity index (χ4v) is 3.75. The molecule has 1 aliphatic heterocycles. The second kappa shape index (κ2) is 10.5. The third-order valence-corrected chi connectivity index (χ3v) is 5.63. The molecule has 0 spiro atoms. The number of carbonyl (C=O) groups excluding carboxylic acids is 2. The number of benzene rings is 3. The summed E-state index contributed by atoms with van der Waals surface area (Å²) in [4.78, 5) is 29.1. The number of amides is 2. The summed E-state index contributed by atoms with van der Waals surface area (Å²) in [5.74, 6) is 0.498. The van der Waals surface area contributed by atoms with Crippen molar-refractivity contribution in [2.45, 2.75) is 0 Å². The van der Waals surface area contributed by atoms with Crippen LogP contribution in [0.2, 0.25) is 0 Å². The van der Waals surface area contributed by atoms with Crippen LogP contribution in [0.1, 0.15) is 15.9 Å². The smallest absolute Gasteiger partial charge is 0.255 e. The molecular formula is C27H27N3O3. The minimum Gasteiger partial charge on any atom is -0.497 e. The molecular weight excluding hydrogens is 414 g/mol.